The summed E-state index contributed by atoms with van der Waals surface area (Å²) in [5, 5.41) is 3.42. The molecule has 4 saturated heterocycles. The number of ether oxygens (including phenoxy) is 2. The summed E-state index contributed by atoms with van der Waals surface area (Å²) in [6.07, 6.45) is -3.07. The van der Waals surface area contributed by atoms with Gasteiger partial charge < -0.3 is 19.7 Å². The van der Waals surface area contributed by atoms with Gasteiger partial charge in [-0.1, -0.05) is 68.1 Å². The molecule has 0 spiro atoms. The van der Waals surface area contributed by atoms with Crippen LogP contribution < -0.4 is 5.32 Å². The smallest absolute Gasteiger partial charge is 0.374 e. The molecule has 0 unspecified atom stereocenters. The van der Waals surface area contributed by atoms with Gasteiger partial charge >= 0.3 is 12.1 Å². The Balaban J connectivity index is 0.000000192. The Morgan fingerprint density at radius 2 is 1.34 bits per heavy atom. The van der Waals surface area contributed by atoms with Crippen molar-refractivity contribution in [3.8, 4) is 0 Å². The molecule has 0 saturated carbocycles. The Kier molecular flexibility index (Phi) is 11.2. The largest absolute Gasteiger partial charge is 0.471 e. The van der Waals surface area contributed by atoms with Crippen LogP contribution in [0.25, 0.3) is 0 Å². The molecule has 226 valence electrons. The minimum absolute atomic E-state index is 0. The van der Waals surface area contributed by atoms with Crippen molar-refractivity contribution in [3.05, 3.63) is 71.8 Å². The molecular weight excluding hydrogens is 533 g/mol. The van der Waals surface area contributed by atoms with E-state index >= 15 is 0 Å². The zero-order chi connectivity index (χ0) is 28.0. The van der Waals surface area contributed by atoms with Crippen molar-refractivity contribution in [2.24, 2.45) is 0 Å². The Morgan fingerprint density at radius 1 is 0.805 bits per heavy atom. The normalized spacial score (nSPS) is 27.0. The van der Waals surface area contributed by atoms with Gasteiger partial charge in [-0.25, -0.2) is 0 Å². The molecule has 1 N–H and O–H groups in total. The van der Waals surface area contributed by atoms with E-state index in [1.807, 2.05) is 30.3 Å². The number of nitrogens with zero attached hydrogens (tertiary/aromatic N) is 3. The van der Waals surface area contributed by atoms with Crippen LogP contribution >= 0.6 is 0 Å². The fourth-order valence-corrected chi connectivity index (χ4v) is 6.26. The minimum Gasteiger partial charge on any atom is -0.374 e. The van der Waals surface area contributed by atoms with Crippen LogP contribution in [0.5, 0.6) is 0 Å². The van der Waals surface area contributed by atoms with Crippen molar-refractivity contribution < 1.29 is 27.4 Å². The van der Waals surface area contributed by atoms with Crippen molar-refractivity contribution in [1.29, 1.82) is 0 Å². The van der Waals surface area contributed by atoms with E-state index in [1.165, 1.54) is 17.5 Å². The van der Waals surface area contributed by atoms with Crippen molar-refractivity contribution in [2.75, 3.05) is 52.5 Å². The van der Waals surface area contributed by atoms with Gasteiger partial charge in [0.05, 0.1) is 25.4 Å². The van der Waals surface area contributed by atoms with Gasteiger partial charge in [0, 0.05) is 57.9 Å². The predicted molar refractivity (Wildman–Crippen MR) is 152 cm³/mol. The van der Waals surface area contributed by atoms with Gasteiger partial charge in [0.25, 0.3) is 0 Å². The maximum atomic E-state index is 12.6. The third-order valence-corrected chi connectivity index (χ3v) is 8.26. The highest BCUT2D eigenvalue weighted by molar-refractivity contribution is 5.82. The highest BCUT2D eigenvalue weighted by atomic mass is 19.4. The first kappa shape index (κ1) is 31.4. The zero-order valence-electron chi connectivity index (χ0n) is 22.8. The zero-order valence-corrected chi connectivity index (χ0v) is 22.8. The summed E-state index contributed by atoms with van der Waals surface area (Å²) < 4.78 is 49.2. The summed E-state index contributed by atoms with van der Waals surface area (Å²) in [5.41, 5.74) is 2.58. The highest BCUT2D eigenvalue weighted by Gasteiger charge is 2.46. The van der Waals surface area contributed by atoms with Gasteiger partial charge in [-0.15, -0.1) is 0 Å². The standard InChI is InChI=1S/C16H19F3N2O2.C14H20N2O.CH4/c17-16(18,19)15(22)21-7-6-13-14(11-21)23-9-8-20(13)10-12-4-2-1-3-5-12;1-2-4-12(5-3-1)11-16-8-9-17-14-10-15-7-6-13(14)16;/h1-5,13-14H,6-11H2;1-5,13-15H,6-11H2;1H4/t2*13-,14-;/m00./s1. The lowest BCUT2D eigenvalue weighted by Gasteiger charge is -2.46. The fraction of sp³-hybridized carbons (Fsp3) is 0.581. The summed E-state index contributed by atoms with van der Waals surface area (Å²) in [6.45, 7) is 7.23. The molecule has 0 aliphatic carbocycles. The van der Waals surface area contributed by atoms with Crippen LogP contribution in [0.15, 0.2) is 60.7 Å². The first-order valence-corrected chi connectivity index (χ1v) is 14.2. The molecule has 4 aliphatic rings. The number of piperidine rings is 2. The molecule has 41 heavy (non-hydrogen) atoms. The van der Waals surface area contributed by atoms with Gasteiger partial charge in [0.2, 0.25) is 0 Å². The lowest BCUT2D eigenvalue weighted by atomic mass is 9.97. The SMILES string of the molecule is C.O=C(N1CC[C@H]2[C@H](C1)OCCN2Cc1ccccc1)C(F)(F)F.c1ccc(CN2CCO[C@H]3CNCC[C@@H]32)cc1. The number of nitrogens with one attached hydrogen (secondary N) is 1. The van der Waals surface area contributed by atoms with Crippen molar-refractivity contribution in [1.82, 2.24) is 20.0 Å². The van der Waals surface area contributed by atoms with Crippen molar-refractivity contribution in [3.63, 3.8) is 0 Å². The van der Waals surface area contributed by atoms with E-state index in [9.17, 15) is 18.0 Å². The molecule has 4 atom stereocenters. The van der Waals surface area contributed by atoms with Gasteiger partial charge in [-0.2, -0.15) is 13.2 Å². The molecule has 2 aromatic carbocycles. The van der Waals surface area contributed by atoms with E-state index in [-0.39, 0.29) is 32.7 Å². The maximum absolute atomic E-state index is 12.6. The molecule has 4 fully saturated rings. The number of carbonyl (C=O) groups is 1. The Hall–Kier alpha value is -2.50. The first-order chi connectivity index (χ1) is 19.4. The number of hydrogen-bond acceptors (Lipinski definition) is 6. The van der Waals surface area contributed by atoms with Crippen LogP contribution in [0.4, 0.5) is 13.2 Å². The highest BCUT2D eigenvalue weighted by Crippen LogP contribution is 2.28. The first-order valence-electron chi connectivity index (χ1n) is 14.2. The molecule has 0 aromatic heterocycles. The number of fused-ring (bicyclic) bond motifs is 2. The van der Waals surface area contributed by atoms with Crippen molar-refractivity contribution >= 4 is 5.91 Å². The molecule has 10 heteroatoms. The number of carbonyl (C=O) groups excluding carboxylic acids is 1. The Bertz CT molecular complexity index is 1070. The number of rotatable bonds is 4. The van der Waals surface area contributed by atoms with E-state index < -0.39 is 12.1 Å². The van der Waals surface area contributed by atoms with Crippen LogP contribution in [0.2, 0.25) is 0 Å². The predicted octanol–water partition coefficient (Wildman–Crippen LogP) is 3.94. The minimum atomic E-state index is -4.81. The summed E-state index contributed by atoms with van der Waals surface area (Å²) in [5.74, 6) is -1.76. The van der Waals surface area contributed by atoms with Crippen LogP contribution in [-0.4, -0.2) is 104 Å². The Labute approximate surface area is 241 Å². The number of morpholine rings is 2. The second kappa shape index (κ2) is 14.6. The molecule has 1 amide bonds. The average Bonchev–Trinajstić information content (AvgIpc) is 2.98. The van der Waals surface area contributed by atoms with Gasteiger partial charge in [-0.05, 0) is 30.5 Å². The topological polar surface area (TPSA) is 57.3 Å². The summed E-state index contributed by atoms with van der Waals surface area (Å²) in [4.78, 5) is 17.1. The third-order valence-electron chi connectivity index (χ3n) is 8.26. The summed E-state index contributed by atoms with van der Waals surface area (Å²) in [6, 6.07) is 21.4. The molecule has 0 bridgehead atoms. The number of likely N-dealkylation sites (tertiary alicyclic amines) is 1. The monoisotopic (exact) mass is 576 g/mol. The lowest BCUT2D eigenvalue weighted by Crippen LogP contribution is -2.61. The number of benzene rings is 2. The fourth-order valence-electron chi connectivity index (χ4n) is 6.26. The second-order valence-electron chi connectivity index (χ2n) is 10.9. The number of amides is 1. The molecular formula is C31H43F3N4O3. The van der Waals surface area contributed by atoms with Gasteiger partial charge in [0.1, 0.15) is 0 Å². The van der Waals surface area contributed by atoms with Crippen LogP contribution in [0, 0.1) is 0 Å². The van der Waals surface area contributed by atoms with E-state index in [2.05, 4.69) is 45.4 Å². The van der Waals surface area contributed by atoms with Crippen LogP contribution in [0.1, 0.15) is 31.4 Å². The Morgan fingerprint density at radius 3 is 1.90 bits per heavy atom. The van der Waals surface area contributed by atoms with E-state index in [4.69, 9.17) is 9.47 Å². The van der Waals surface area contributed by atoms with Crippen LogP contribution in [-0.2, 0) is 27.4 Å². The van der Waals surface area contributed by atoms with E-state index in [1.54, 1.807) is 0 Å². The number of alkyl halides is 3. The van der Waals surface area contributed by atoms with E-state index in [0.717, 1.165) is 50.8 Å². The van der Waals surface area contributed by atoms with Gasteiger partial charge in [-0.3, -0.25) is 14.6 Å². The molecule has 0 radical (unpaired) electrons. The summed E-state index contributed by atoms with van der Waals surface area (Å²) in [7, 11) is 0. The molecule has 6 rings (SSSR count). The van der Waals surface area contributed by atoms with Gasteiger partial charge in [0.15, 0.2) is 0 Å². The number of halogens is 3. The molecule has 4 heterocycles. The molecule has 2 aromatic rings. The maximum Gasteiger partial charge on any atom is 0.471 e. The average molecular weight is 577 g/mol. The number of hydrogen-bond donors (Lipinski definition) is 1. The third kappa shape index (κ3) is 8.29. The quantitative estimate of drug-likeness (QED) is 0.596. The van der Waals surface area contributed by atoms with Crippen molar-refractivity contribution in [2.45, 2.75) is 63.8 Å². The lowest BCUT2D eigenvalue weighted by molar-refractivity contribution is -0.192. The van der Waals surface area contributed by atoms with E-state index in [0.29, 0.717) is 25.2 Å². The molecule has 4 aliphatic heterocycles. The molecule has 7 nitrogen and oxygen atoms in total. The second-order valence-corrected chi connectivity index (χ2v) is 10.9. The van der Waals surface area contributed by atoms with Crippen LogP contribution in [0.3, 0.4) is 0 Å². The summed E-state index contributed by atoms with van der Waals surface area (Å²) >= 11 is 0.